The third-order valence-corrected chi connectivity index (χ3v) is 4.72. The van der Waals surface area contributed by atoms with E-state index in [-0.39, 0.29) is 24.9 Å². The largest absolute Gasteiger partial charge is 0.348 e. The van der Waals surface area contributed by atoms with Crippen molar-refractivity contribution in [2.24, 2.45) is 0 Å². The van der Waals surface area contributed by atoms with E-state index >= 15 is 0 Å². The standard InChI is InChI=1S/C13H16N4O3S/c18-10(7-17-12(19)6-15-13(17)20)14-5-11-16-8-3-1-2-4-9(8)21-11/h1-7H2,(H,14,18)(H,15,20). The van der Waals surface area contributed by atoms with Crippen LogP contribution in [0.25, 0.3) is 0 Å². The van der Waals surface area contributed by atoms with Crippen LogP contribution in [0.5, 0.6) is 0 Å². The lowest BCUT2D eigenvalue weighted by Crippen LogP contribution is -2.40. The van der Waals surface area contributed by atoms with E-state index in [9.17, 15) is 14.4 Å². The van der Waals surface area contributed by atoms with E-state index in [1.807, 2.05) is 0 Å². The second-order valence-corrected chi connectivity index (χ2v) is 6.27. The minimum atomic E-state index is -0.514. The molecule has 1 aliphatic carbocycles. The van der Waals surface area contributed by atoms with Crippen LogP contribution in [0.15, 0.2) is 0 Å². The van der Waals surface area contributed by atoms with Gasteiger partial charge in [-0.3, -0.25) is 14.5 Å². The number of aromatic nitrogens is 1. The van der Waals surface area contributed by atoms with Gasteiger partial charge in [-0.15, -0.1) is 11.3 Å². The van der Waals surface area contributed by atoms with E-state index in [0.29, 0.717) is 6.54 Å². The number of carbonyl (C=O) groups excluding carboxylic acids is 3. The molecular formula is C13H16N4O3S. The molecule has 4 amide bonds. The summed E-state index contributed by atoms with van der Waals surface area (Å²) in [6, 6.07) is -0.514. The van der Waals surface area contributed by atoms with Crippen molar-refractivity contribution in [3.8, 4) is 0 Å². The van der Waals surface area contributed by atoms with E-state index in [1.54, 1.807) is 11.3 Å². The highest BCUT2D eigenvalue weighted by Gasteiger charge is 2.30. The molecular weight excluding hydrogens is 292 g/mol. The smallest absolute Gasteiger partial charge is 0.325 e. The molecule has 1 aromatic rings. The molecule has 2 N–H and O–H groups in total. The number of rotatable bonds is 4. The molecule has 1 aliphatic heterocycles. The summed E-state index contributed by atoms with van der Waals surface area (Å²) in [7, 11) is 0. The van der Waals surface area contributed by atoms with Gasteiger partial charge in [0.05, 0.1) is 18.8 Å². The predicted octanol–water partition coefficient (Wildman–Crippen LogP) is 0.190. The first-order chi connectivity index (χ1) is 10.1. The Hall–Kier alpha value is -1.96. The van der Waals surface area contributed by atoms with E-state index in [0.717, 1.165) is 28.4 Å². The molecule has 2 aliphatic rings. The molecule has 3 rings (SSSR count). The van der Waals surface area contributed by atoms with Gasteiger partial charge in [-0.2, -0.15) is 0 Å². The van der Waals surface area contributed by atoms with Crippen molar-refractivity contribution in [1.29, 1.82) is 0 Å². The van der Waals surface area contributed by atoms with Crippen LogP contribution in [0, 0.1) is 0 Å². The van der Waals surface area contributed by atoms with Crippen LogP contribution in [-0.4, -0.2) is 40.8 Å². The van der Waals surface area contributed by atoms with Crippen LogP contribution >= 0.6 is 11.3 Å². The number of amides is 4. The first-order valence-corrected chi connectivity index (χ1v) is 7.77. The van der Waals surface area contributed by atoms with Gasteiger partial charge in [-0.25, -0.2) is 9.78 Å². The number of hydrogen-bond acceptors (Lipinski definition) is 5. The molecule has 0 spiro atoms. The van der Waals surface area contributed by atoms with Crippen molar-refractivity contribution in [3.05, 3.63) is 15.6 Å². The monoisotopic (exact) mass is 308 g/mol. The molecule has 21 heavy (non-hydrogen) atoms. The summed E-state index contributed by atoms with van der Waals surface area (Å²) in [5.74, 6) is -0.728. The molecule has 0 saturated carbocycles. The zero-order valence-corrected chi connectivity index (χ0v) is 12.3. The maximum absolute atomic E-state index is 11.8. The summed E-state index contributed by atoms with van der Waals surface area (Å²) in [6.07, 6.45) is 4.47. The quantitative estimate of drug-likeness (QED) is 0.777. The minimum Gasteiger partial charge on any atom is -0.348 e. The molecule has 1 saturated heterocycles. The molecule has 0 atom stereocenters. The molecule has 0 aromatic carbocycles. The summed E-state index contributed by atoms with van der Waals surface area (Å²) >= 11 is 1.64. The van der Waals surface area contributed by atoms with Crippen LogP contribution in [0.4, 0.5) is 4.79 Å². The molecule has 2 heterocycles. The van der Waals surface area contributed by atoms with Crippen LogP contribution in [-0.2, 0) is 29.0 Å². The lowest BCUT2D eigenvalue weighted by Gasteiger charge is -2.11. The number of fused-ring (bicyclic) bond motifs is 1. The molecule has 0 radical (unpaired) electrons. The molecule has 8 heteroatoms. The van der Waals surface area contributed by atoms with Crippen LogP contribution in [0.3, 0.4) is 0 Å². The minimum absolute atomic E-state index is 0.0364. The molecule has 0 bridgehead atoms. The maximum atomic E-state index is 11.8. The van der Waals surface area contributed by atoms with E-state index in [2.05, 4.69) is 15.6 Å². The van der Waals surface area contributed by atoms with Gasteiger partial charge >= 0.3 is 6.03 Å². The summed E-state index contributed by atoms with van der Waals surface area (Å²) < 4.78 is 0. The van der Waals surface area contributed by atoms with Crippen LogP contribution in [0.2, 0.25) is 0 Å². The van der Waals surface area contributed by atoms with E-state index in [4.69, 9.17) is 0 Å². The Morgan fingerprint density at radius 3 is 2.86 bits per heavy atom. The lowest BCUT2D eigenvalue weighted by atomic mass is 10.0. The van der Waals surface area contributed by atoms with Gasteiger partial charge < -0.3 is 10.6 Å². The SMILES string of the molecule is O=C(CN1C(=O)CNC1=O)NCc1nc2c(s1)CCCC2. The number of imide groups is 1. The third kappa shape index (κ3) is 3.05. The average Bonchev–Trinajstić information content (AvgIpc) is 3.03. The Balaban J connectivity index is 1.52. The van der Waals surface area contributed by atoms with Gasteiger partial charge in [0.1, 0.15) is 11.6 Å². The Bertz CT molecular complexity index is 559. The van der Waals surface area contributed by atoms with Crippen molar-refractivity contribution >= 4 is 29.2 Å². The fraction of sp³-hybridized carbons (Fsp3) is 0.538. The second kappa shape index (κ2) is 5.80. The van der Waals surface area contributed by atoms with Crippen molar-refractivity contribution < 1.29 is 14.4 Å². The summed E-state index contributed by atoms with van der Waals surface area (Å²) in [4.78, 5) is 41.3. The average molecular weight is 308 g/mol. The maximum Gasteiger partial charge on any atom is 0.325 e. The van der Waals surface area contributed by atoms with E-state index < -0.39 is 6.03 Å². The van der Waals surface area contributed by atoms with Crippen molar-refractivity contribution in [2.75, 3.05) is 13.1 Å². The van der Waals surface area contributed by atoms with E-state index in [1.165, 1.54) is 17.7 Å². The van der Waals surface area contributed by atoms with Crippen molar-refractivity contribution in [1.82, 2.24) is 20.5 Å². The highest BCUT2D eigenvalue weighted by molar-refractivity contribution is 7.11. The normalized spacial score (nSPS) is 17.6. The second-order valence-electron chi connectivity index (χ2n) is 5.10. The molecule has 1 aromatic heterocycles. The number of nitrogens with zero attached hydrogens (tertiary/aromatic N) is 2. The Morgan fingerprint density at radius 2 is 2.14 bits per heavy atom. The predicted molar refractivity (Wildman–Crippen MR) is 75.7 cm³/mol. The van der Waals surface area contributed by atoms with Crippen molar-refractivity contribution in [3.63, 3.8) is 0 Å². The van der Waals surface area contributed by atoms with Crippen LogP contribution < -0.4 is 10.6 Å². The molecule has 0 unspecified atom stereocenters. The summed E-state index contributed by atoms with van der Waals surface area (Å²) in [5, 5.41) is 5.97. The van der Waals surface area contributed by atoms with Gasteiger partial charge in [0.25, 0.3) is 5.91 Å². The topological polar surface area (TPSA) is 91.4 Å². The Labute approximate surface area is 125 Å². The fourth-order valence-corrected chi connectivity index (χ4v) is 3.57. The zero-order chi connectivity index (χ0) is 14.8. The highest BCUT2D eigenvalue weighted by atomic mass is 32.1. The number of nitrogens with one attached hydrogen (secondary N) is 2. The molecule has 1 fully saturated rings. The number of urea groups is 1. The Morgan fingerprint density at radius 1 is 1.33 bits per heavy atom. The van der Waals surface area contributed by atoms with Crippen LogP contribution in [0.1, 0.15) is 28.4 Å². The van der Waals surface area contributed by atoms with Gasteiger partial charge in [0, 0.05) is 4.88 Å². The first-order valence-electron chi connectivity index (χ1n) is 6.96. The zero-order valence-electron chi connectivity index (χ0n) is 11.5. The van der Waals surface area contributed by atoms with Gasteiger partial charge in [0.15, 0.2) is 0 Å². The number of thiazole rings is 1. The first kappa shape index (κ1) is 14.0. The van der Waals surface area contributed by atoms with Gasteiger partial charge in [0.2, 0.25) is 5.91 Å². The summed E-state index contributed by atoms with van der Waals surface area (Å²) in [5.41, 5.74) is 1.16. The molecule has 112 valence electrons. The summed E-state index contributed by atoms with van der Waals surface area (Å²) in [6.45, 7) is 0.0707. The van der Waals surface area contributed by atoms with Gasteiger partial charge in [-0.1, -0.05) is 0 Å². The van der Waals surface area contributed by atoms with Crippen molar-refractivity contribution in [2.45, 2.75) is 32.2 Å². The highest BCUT2D eigenvalue weighted by Crippen LogP contribution is 2.26. The number of aryl methyl sites for hydroxylation is 2. The van der Waals surface area contributed by atoms with Gasteiger partial charge in [-0.05, 0) is 25.7 Å². The fourth-order valence-electron chi connectivity index (χ4n) is 2.47. The Kier molecular flexibility index (Phi) is 3.87. The molecule has 7 nitrogen and oxygen atoms in total. The third-order valence-electron chi connectivity index (χ3n) is 3.57. The lowest BCUT2D eigenvalue weighted by molar-refractivity contribution is -0.130. The number of hydrogen-bond donors (Lipinski definition) is 2. The number of carbonyl (C=O) groups is 3.